The summed E-state index contributed by atoms with van der Waals surface area (Å²) in [5.41, 5.74) is 10.5. The molecule has 1 aromatic carbocycles. The zero-order valence-electron chi connectivity index (χ0n) is 19.6. The Kier molecular flexibility index (Phi) is 5.88. The molecule has 2 N–H and O–H groups in total. The van der Waals surface area contributed by atoms with Crippen LogP contribution >= 0.6 is 0 Å². The molecule has 0 saturated carbocycles. The van der Waals surface area contributed by atoms with Crippen molar-refractivity contribution >= 4 is 17.6 Å². The van der Waals surface area contributed by atoms with Crippen molar-refractivity contribution in [3.63, 3.8) is 0 Å². The predicted octanol–water partition coefficient (Wildman–Crippen LogP) is 2.35. The first-order valence-electron chi connectivity index (χ1n) is 11.9. The molecule has 5 rings (SSSR count). The number of carbonyl (C=O) groups is 2. The number of benzene rings is 1. The molecule has 0 aliphatic carbocycles. The van der Waals surface area contributed by atoms with Gasteiger partial charge in [0.25, 0.3) is 0 Å². The standard InChI is InChI=1S/C25H32N6O2/c1-15-6-8-18(9-7-15)14-31-22(32)11-10-19-16(2)27-23(28-24(19)31)21-5-4-12-30(21)25(33)20-13-26-29-17(20)3/h6-9,17,20-21,26,29H,4-5,10-14H2,1-3H3. The number of amides is 2. The average Bonchev–Trinajstić information content (AvgIpc) is 3.46. The van der Waals surface area contributed by atoms with Gasteiger partial charge in [-0.2, -0.15) is 0 Å². The van der Waals surface area contributed by atoms with Crippen molar-refractivity contribution < 1.29 is 9.59 Å². The fourth-order valence-electron chi connectivity index (χ4n) is 5.21. The lowest BCUT2D eigenvalue weighted by Gasteiger charge is -2.32. The van der Waals surface area contributed by atoms with Crippen LogP contribution in [-0.4, -0.2) is 45.8 Å². The van der Waals surface area contributed by atoms with Crippen LogP contribution < -0.4 is 15.8 Å². The van der Waals surface area contributed by atoms with Gasteiger partial charge in [0.2, 0.25) is 11.8 Å². The first-order chi connectivity index (χ1) is 15.9. The highest BCUT2D eigenvalue weighted by atomic mass is 16.2. The molecule has 2 amide bonds. The number of rotatable bonds is 4. The molecule has 2 aromatic rings. The summed E-state index contributed by atoms with van der Waals surface area (Å²) in [5.74, 6) is 1.51. The van der Waals surface area contributed by atoms with E-state index in [1.54, 1.807) is 4.90 Å². The van der Waals surface area contributed by atoms with Crippen LogP contribution in [0, 0.1) is 19.8 Å². The van der Waals surface area contributed by atoms with E-state index in [4.69, 9.17) is 9.97 Å². The molecule has 4 heterocycles. The van der Waals surface area contributed by atoms with Crippen molar-refractivity contribution in [1.29, 1.82) is 0 Å². The summed E-state index contributed by atoms with van der Waals surface area (Å²) in [4.78, 5) is 39.8. The fourth-order valence-corrected chi connectivity index (χ4v) is 5.21. The molecular weight excluding hydrogens is 416 g/mol. The van der Waals surface area contributed by atoms with Gasteiger partial charge < -0.3 is 4.90 Å². The normalized spacial score (nSPS) is 24.9. The lowest BCUT2D eigenvalue weighted by atomic mass is 10.0. The van der Waals surface area contributed by atoms with Gasteiger partial charge in [-0.1, -0.05) is 29.8 Å². The van der Waals surface area contributed by atoms with Gasteiger partial charge in [0.05, 0.1) is 18.5 Å². The molecule has 2 fully saturated rings. The van der Waals surface area contributed by atoms with Gasteiger partial charge in [-0.3, -0.25) is 25.3 Å². The van der Waals surface area contributed by atoms with E-state index >= 15 is 0 Å². The van der Waals surface area contributed by atoms with E-state index in [9.17, 15) is 9.59 Å². The number of hydrogen-bond donors (Lipinski definition) is 2. The van der Waals surface area contributed by atoms with E-state index in [-0.39, 0.29) is 29.8 Å². The number of nitrogens with zero attached hydrogens (tertiary/aromatic N) is 4. The SMILES string of the molecule is Cc1ccc(CN2C(=O)CCc3c(C)nc(C4CCCN4C(=O)C4CNNC4C)nc32)cc1. The van der Waals surface area contributed by atoms with E-state index < -0.39 is 0 Å². The third-order valence-electron chi connectivity index (χ3n) is 7.22. The molecule has 3 aliphatic rings. The number of hydrazine groups is 1. The van der Waals surface area contributed by atoms with Crippen molar-refractivity contribution in [2.24, 2.45) is 5.92 Å². The van der Waals surface area contributed by atoms with E-state index in [2.05, 4.69) is 42.0 Å². The smallest absolute Gasteiger partial charge is 0.229 e. The van der Waals surface area contributed by atoms with Crippen LogP contribution in [0.15, 0.2) is 24.3 Å². The zero-order chi connectivity index (χ0) is 23.1. The molecule has 0 spiro atoms. The topological polar surface area (TPSA) is 90.5 Å². The fraction of sp³-hybridized carbons (Fsp3) is 0.520. The van der Waals surface area contributed by atoms with Crippen LogP contribution in [0.2, 0.25) is 0 Å². The Morgan fingerprint density at radius 2 is 1.94 bits per heavy atom. The van der Waals surface area contributed by atoms with Crippen molar-refractivity contribution in [1.82, 2.24) is 25.7 Å². The van der Waals surface area contributed by atoms with Crippen LogP contribution in [-0.2, 0) is 22.6 Å². The number of hydrogen-bond acceptors (Lipinski definition) is 6. The number of nitrogens with one attached hydrogen (secondary N) is 2. The lowest BCUT2D eigenvalue weighted by molar-refractivity contribution is -0.136. The molecule has 0 radical (unpaired) electrons. The summed E-state index contributed by atoms with van der Waals surface area (Å²) in [6.07, 6.45) is 2.91. The lowest BCUT2D eigenvalue weighted by Crippen LogP contribution is -2.41. The van der Waals surface area contributed by atoms with E-state index in [1.807, 2.05) is 18.7 Å². The summed E-state index contributed by atoms with van der Waals surface area (Å²) >= 11 is 0. The summed E-state index contributed by atoms with van der Waals surface area (Å²) < 4.78 is 0. The summed E-state index contributed by atoms with van der Waals surface area (Å²) in [5, 5.41) is 0. The Balaban J connectivity index is 1.47. The van der Waals surface area contributed by atoms with Gasteiger partial charge in [0.1, 0.15) is 5.82 Å². The minimum Gasteiger partial charge on any atom is -0.332 e. The zero-order valence-corrected chi connectivity index (χ0v) is 19.6. The molecule has 1 aromatic heterocycles. The van der Waals surface area contributed by atoms with Crippen molar-refractivity contribution in [3.05, 3.63) is 52.5 Å². The molecule has 0 bridgehead atoms. The molecule has 3 atom stereocenters. The number of fused-ring (bicyclic) bond motifs is 1. The molecule has 3 aliphatic heterocycles. The summed E-state index contributed by atoms with van der Waals surface area (Å²) in [7, 11) is 0. The Hall–Kier alpha value is -2.84. The monoisotopic (exact) mass is 448 g/mol. The Bertz CT molecular complexity index is 1070. The maximum atomic E-state index is 13.3. The van der Waals surface area contributed by atoms with Crippen molar-refractivity contribution in [3.8, 4) is 0 Å². The Morgan fingerprint density at radius 3 is 2.67 bits per heavy atom. The first-order valence-corrected chi connectivity index (χ1v) is 11.9. The predicted molar refractivity (Wildman–Crippen MR) is 125 cm³/mol. The van der Waals surface area contributed by atoms with Crippen molar-refractivity contribution in [2.45, 2.75) is 65.1 Å². The van der Waals surface area contributed by atoms with Crippen LogP contribution in [0.1, 0.15) is 60.4 Å². The van der Waals surface area contributed by atoms with Gasteiger partial charge in [-0.25, -0.2) is 9.97 Å². The minimum absolute atomic E-state index is 0.0865. The molecule has 8 heteroatoms. The number of aryl methyl sites for hydroxylation is 2. The van der Waals surface area contributed by atoms with E-state index in [0.717, 1.165) is 36.2 Å². The molecule has 3 unspecified atom stereocenters. The molecule has 2 saturated heterocycles. The highest BCUT2D eigenvalue weighted by Gasteiger charge is 2.40. The second-order valence-corrected chi connectivity index (χ2v) is 9.54. The van der Waals surface area contributed by atoms with E-state index in [0.29, 0.717) is 37.6 Å². The highest BCUT2D eigenvalue weighted by molar-refractivity contribution is 5.95. The number of aromatic nitrogens is 2. The number of carbonyl (C=O) groups excluding carboxylic acids is 2. The van der Waals surface area contributed by atoms with Gasteiger partial charge in [-0.15, -0.1) is 0 Å². The minimum atomic E-state index is -0.146. The second kappa shape index (κ2) is 8.83. The summed E-state index contributed by atoms with van der Waals surface area (Å²) in [6, 6.07) is 8.20. The highest BCUT2D eigenvalue weighted by Crippen LogP contribution is 2.36. The average molecular weight is 449 g/mol. The third-order valence-corrected chi connectivity index (χ3v) is 7.22. The van der Waals surface area contributed by atoms with Crippen LogP contribution in [0.5, 0.6) is 0 Å². The van der Waals surface area contributed by atoms with Crippen LogP contribution in [0.4, 0.5) is 5.82 Å². The van der Waals surface area contributed by atoms with E-state index in [1.165, 1.54) is 5.56 Å². The largest absolute Gasteiger partial charge is 0.332 e. The van der Waals surface area contributed by atoms with Crippen LogP contribution in [0.25, 0.3) is 0 Å². The van der Waals surface area contributed by atoms with Gasteiger partial charge >= 0.3 is 0 Å². The third kappa shape index (κ3) is 4.13. The van der Waals surface area contributed by atoms with Gasteiger partial charge in [0.15, 0.2) is 5.82 Å². The second-order valence-electron chi connectivity index (χ2n) is 9.54. The number of anilines is 1. The van der Waals surface area contributed by atoms with Gasteiger partial charge in [-0.05, 0) is 45.6 Å². The molecular formula is C25H32N6O2. The Labute approximate surface area is 194 Å². The summed E-state index contributed by atoms with van der Waals surface area (Å²) in [6.45, 7) is 7.93. The van der Waals surface area contributed by atoms with Crippen LogP contribution in [0.3, 0.4) is 0 Å². The van der Waals surface area contributed by atoms with Crippen molar-refractivity contribution in [2.75, 3.05) is 18.0 Å². The maximum Gasteiger partial charge on any atom is 0.229 e. The maximum absolute atomic E-state index is 13.3. The van der Waals surface area contributed by atoms with Gasteiger partial charge in [0, 0.05) is 36.8 Å². The number of likely N-dealkylation sites (tertiary alicyclic amines) is 1. The first kappa shape index (κ1) is 22.0. The molecule has 8 nitrogen and oxygen atoms in total. The quantitative estimate of drug-likeness (QED) is 0.746. The molecule has 174 valence electrons. The molecule has 33 heavy (non-hydrogen) atoms. The Morgan fingerprint density at radius 1 is 1.15 bits per heavy atom.